The highest BCUT2D eigenvalue weighted by Crippen LogP contribution is 2.13. The van der Waals surface area contributed by atoms with Gasteiger partial charge in [0, 0.05) is 17.8 Å². The fraction of sp³-hybridized carbons (Fsp3) is 0.455. The van der Waals surface area contributed by atoms with Gasteiger partial charge in [0.25, 0.3) is 0 Å². The lowest BCUT2D eigenvalue weighted by atomic mass is 10.0. The minimum atomic E-state index is -0.841. The number of hydrogen-bond acceptors (Lipinski definition) is 2. The third kappa shape index (κ3) is 4.25. The second-order valence-corrected chi connectivity index (χ2v) is 4.29. The zero-order valence-electron chi connectivity index (χ0n) is 8.98. The molecule has 0 spiro atoms. The van der Waals surface area contributed by atoms with Crippen LogP contribution in [0.5, 0.6) is 0 Å². The first-order chi connectivity index (χ1) is 6.88. The first kappa shape index (κ1) is 11.9. The molecule has 0 bridgehead atoms. The quantitative estimate of drug-likeness (QED) is 0.808. The van der Waals surface area contributed by atoms with E-state index in [-0.39, 0.29) is 5.54 Å². The van der Waals surface area contributed by atoms with E-state index in [0.717, 1.165) is 18.6 Å². The minimum Gasteiger partial charge on any atom is -0.385 e. The molecule has 2 nitrogen and oxygen atoms in total. The Bertz CT molecular complexity index is 332. The number of nitrogens with two attached hydrogens (primary N) is 1. The van der Waals surface area contributed by atoms with Crippen molar-refractivity contribution in [1.82, 2.24) is 0 Å². The largest absolute Gasteiger partial charge is 0.385 e. The molecule has 0 unspecified atom stereocenters. The molecule has 0 heterocycles. The van der Waals surface area contributed by atoms with Gasteiger partial charge in [0.05, 0.1) is 0 Å². The molecule has 0 saturated carbocycles. The molecule has 0 aromatic heterocycles. The maximum atomic E-state index is 12.8. The molecule has 0 radical (unpaired) electrons. The lowest BCUT2D eigenvalue weighted by Crippen LogP contribution is -2.34. The molecule has 0 fully saturated rings. The van der Waals surface area contributed by atoms with E-state index >= 15 is 0 Å². The normalized spacial score (nSPS) is 11.5. The Labute approximate surface area is 88.5 Å². The molecule has 0 aliphatic rings. The highest BCUT2D eigenvalue weighted by atomic mass is 19.2. The zero-order valence-corrected chi connectivity index (χ0v) is 8.98. The minimum absolute atomic E-state index is 0.258. The Morgan fingerprint density at radius 3 is 2.47 bits per heavy atom. The van der Waals surface area contributed by atoms with Gasteiger partial charge >= 0.3 is 0 Å². The summed E-state index contributed by atoms with van der Waals surface area (Å²) in [6.45, 7) is 4.47. The van der Waals surface area contributed by atoms with Crippen LogP contribution in [0, 0.1) is 11.6 Å². The van der Waals surface area contributed by atoms with E-state index in [1.54, 1.807) is 0 Å². The summed E-state index contributed by atoms with van der Waals surface area (Å²) >= 11 is 0. The number of anilines is 1. The highest BCUT2D eigenvalue weighted by Gasteiger charge is 2.09. The molecule has 1 rings (SSSR count). The van der Waals surface area contributed by atoms with E-state index in [1.165, 1.54) is 6.07 Å². The van der Waals surface area contributed by atoms with E-state index in [4.69, 9.17) is 5.73 Å². The average Bonchev–Trinajstić information content (AvgIpc) is 2.09. The number of nitrogens with one attached hydrogen (secondary N) is 1. The van der Waals surface area contributed by atoms with Crippen LogP contribution in [0.25, 0.3) is 0 Å². The summed E-state index contributed by atoms with van der Waals surface area (Å²) in [6.07, 6.45) is 0.756. The van der Waals surface area contributed by atoms with E-state index in [0.29, 0.717) is 12.2 Å². The lowest BCUT2D eigenvalue weighted by Gasteiger charge is -2.18. The SMILES string of the molecule is CC(C)(N)CCNc1ccc(F)c(F)c1. The summed E-state index contributed by atoms with van der Waals surface area (Å²) < 4.78 is 25.4. The van der Waals surface area contributed by atoms with Crippen LogP contribution in [0.2, 0.25) is 0 Å². The second kappa shape index (κ2) is 4.57. The predicted molar refractivity (Wildman–Crippen MR) is 57.7 cm³/mol. The van der Waals surface area contributed by atoms with Crippen molar-refractivity contribution < 1.29 is 8.78 Å². The van der Waals surface area contributed by atoms with Gasteiger partial charge in [-0.05, 0) is 38.5 Å². The second-order valence-electron chi connectivity index (χ2n) is 4.29. The molecule has 0 aliphatic carbocycles. The van der Waals surface area contributed by atoms with E-state index in [2.05, 4.69) is 5.32 Å². The zero-order chi connectivity index (χ0) is 11.5. The molecule has 1 aromatic rings. The number of rotatable bonds is 4. The van der Waals surface area contributed by atoms with Crippen molar-refractivity contribution in [3.05, 3.63) is 29.8 Å². The van der Waals surface area contributed by atoms with E-state index in [1.807, 2.05) is 13.8 Å². The van der Waals surface area contributed by atoms with Crippen LogP contribution >= 0.6 is 0 Å². The van der Waals surface area contributed by atoms with Crippen LogP contribution in [-0.4, -0.2) is 12.1 Å². The van der Waals surface area contributed by atoms with Crippen molar-refractivity contribution in [3.8, 4) is 0 Å². The van der Waals surface area contributed by atoms with Gasteiger partial charge in [-0.3, -0.25) is 0 Å². The maximum absolute atomic E-state index is 12.8. The Balaban J connectivity index is 2.48. The van der Waals surface area contributed by atoms with Gasteiger partial charge in [0.1, 0.15) is 0 Å². The van der Waals surface area contributed by atoms with Gasteiger partial charge < -0.3 is 11.1 Å². The molecular weight excluding hydrogens is 198 g/mol. The maximum Gasteiger partial charge on any atom is 0.160 e. The standard InChI is InChI=1S/C11H16F2N2/c1-11(2,14)5-6-15-8-3-4-9(12)10(13)7-8/h3-4,7,15H,5-6,14H2,1-2H3. The number of benzene rings is 1. The van der Waals surface area contributed by atoms with Crippen LogP contribution in [0.3, 0.4) is 0 Å². The molecule has 15 heavy (non-hydrogen) atoms. The average molecular weight is 214 g/mol. The third-order valence-corrected chi connectivity index (χ3v) is 2.02. The van der Waals surface area contributed by atoms with Crippen LogP contribution in [0.15, 0.2) is 18.2 Å². The Morgan fingerprint density at radius 1 is 1.27 bits per heavy atom. The summed E-state index contributed by atoms with van der Waals surface area (Å²) in [5, 5.41) is 2.98. The summed E-state index contributed by atoms with van der Waals surface area (Å²) in [5.41, 5.74) is 6.09. The summed E-state index contributed by atoms with van der Waals surface area (Å²) in [7, 11) is 0. The predicted octanol–water partition coefficient (Wildman–Crippen LogP) is 2.50. The molecule has 0 aliphatic heterocycles. The molecule has 84 valence electrons. The van der Waals surface area contributed by atoms with Crippen molar-refractivity contribution in [2.24, 2.45) is 5.73 Å². The molecule has 4 heteroatoms. The van der Waals surface area contributed by atoms with Crippen LogP contribution in [-0.2, 0) is 0 Å². The summed E-state index contributed by atoms with van der Waals surface area (Å²) in [4.78, 5) is 0. The van der Waals surface area contributed by atoms with E-state index in [9.17, 15) is 8.78 Å². The van der Waals surface area contributed by atoms with Crippen LogP contribution < -0.4 is 11.1 Å². The van der Waals surface area contributed by atoms with Gasteiger partial charge in [-0.15, -0.1) is 0 Å². The fourth-order valence-electron chi connectivity index (χ4n) is 1.14. The molecule has 0 saturated heterocycles. The van der Waals surface area contributed by atoms with Crippen LogP contribution in [0.1, 0.15) is 20.3 Å². The topological polar surface area (TPSA) is 38.0 Å². The summed E-state index contributed by atoms with van der Waals surface area (Å²) in [6, 6.07) is 3.74. The molecule has 0 atom stereocenters. The molecule has 1 aromatic carbocycles. The number of hydrogen-bond donors (Lipinski definition) is 2. The summed E-state index contributed by atoms with van der Waals surface area (Å²) in [5.74, 6) is -1.67. The Kier molecular flexibility index (Phi) is 3.63. The van der Waals surface area contributed by atoms with Crippen molar-refractivity contribution in [2.75, 3.05) is 11.9 Å². The van der Waals surface area contributed by atoms with Crippen molar-refractivity contribution in [1.29, 1.82) is 0 Å². The molecule has 0 amide bonds. The smallest absolute Gasteiger partial charge is 0.160 e. The van der Waals surface area contributed by atoms with E-state index < -0.39 is 11.6 Å². The first-order valence-electron chi connectivity index (χ1n) is 4.86. The van der Waals surface area contributed by atoms with Gasteiger partial charge in [-0.1, -0.05) is 0 Å². The van der Waals surface area contributed by atoms with Crippen molar-refractivity contribution in [3.63, 3.8) is 0 Å². The first-order valence-corrected chi connectivity index (χ1v) is 4.86. The van der Waals surface area contributed by atoms with Crippen molar-refractivity contribution >= 4 is 5.69 Å². The number of halogens is 2. The third-order valence-electron chi connectivity index (χ3n) is 2.02. The monoisotopic (exact) mass is 214 g/mol. The Hall–Kier alpha value is -1.16. The van der Waals surface area contributed by atoms with Crippen LogP contribution in [0.4, 0.5) is 14.5 Å². The Morgan fingerprint density at radius 2 is 1.93 bits per heavy atom. The van der Waals surface area contributed by atoms with Gasteiger partial charge in [0.15, 0.2) is 11.6 Å². The molecular formula is C11H16F2N2. The lowest BCUT2D eigenvalue weighted by molar-refractivity contribution is 0.490. The van der Waals surface area contributed by atoms with Gasteiger partial charge in [-0.25, -0.2) is 8.78 Å². The highest BCUT2D eigenvalue weighted by molar-refractivity contribution is 5.43. The fourth-order valence-corrected chi connectivity index (χ4v) is 1.14. The molecule has 3 N–H and O–H groups in total. The van der Waals surface area contributed by atoms with Crippen molar-refractivity contribution in [2.45, 2.75) is 25.8 Å². The van der Waals surface area contributed by atoms with Gasteiger partial charge in [-0.2, -0.15) is 0 Å². The van der Waals surface area contributed by atoms with Gasteiger partial charge in [0.2, 0.25) is 0 Å².